The smallest absolute Gasteiger partial charge is 0.318 e. The number of carbonyl (C=O) groups excluding carboxylic acids is 1. The molecular formula is C13H27N3O. The van der Waals surface area contributed by atoms with Gasteiger partial charge in [-0.3, -0.25) is 0 Å². The zero-order chi connectivity index (χ0) is 12.9. The minimum absolute atomic E-state index is 0.0727. The summed E-state index contributed by atoms with van der Waals surface area (Å²) in [7, 11) is 0. The van der Waals surface area contributed by atoms with E-state index < -0.39 is 0 Å². The summed E-state index contributed by atoms with van der Waals surface area (Å²) < 4.78 is 0. The van der Waals surface area contributed by atoms with Crippen molar-refractivity contribution in [1.29, 1.82) is 0 Å². The largest absolute Gasteiger partial charge is 0.335 e. The molecule has 0 aromatic carbocycles. The summed E-state index contributed by atoms with van der Waals surface area (Å²) in [5.74, 6) is 0. The molecule has 1 saturated carbocycles. The molecule has 0 unspecified atom stereocenters. The van der Waals surface area contributed by atoms with Crippen molar-refractivity contribution < 1.29 is 4.79 Å². The van der Waals surface area contributed by atoms with E-state index in [2.05, 4.69) is 26.1 Å². The summed E-state index contributed by atoms with van der Waals surface area (Å²) >= 11 is 0. The van der Waals surface area contributed by atoms with Gasteiger partial charge in [0.05, 0.1) is 5.54 Å². The second kappa shape index (κ2) is 6.24. The molecule has 0 spiro atoms. The van der Waals surface area contributed by atoms with Gasteiger partial charge in [0.25, 0.3) is 0 Å². The molecule has 0 aliphatic heterocycles. The first kappa shape index (κ1) is 14.3. The number of carbonyl (C=O) groups is 1. The van der Waals surface area contributed by atoms with E-state index in [-0.39, 0.29) is 11.6 Å². The van der Waals surface area contributed by atoms with Gasteiger partial charge in [-0.15, -0.1) is 0 Å². The second-order valence-corrected chi connectivity index (χ2v) is 5.01. The van der Waals surface area contributed by atoms with Gasteiger partial charge in [-0.1, -0.05) is 20.8 Å². The van der Waals surface area contributed by atoms with Gasteiger partial charge in [-0.25, -0.2) is 4.79 Å². The van der Waals surface area contributed by atoms with Crippen LogP contribution in [0.1, 0.15) is 52.9 Å². The van der Waals surface area contributed by atoms with E-state index in [0.29, 0.717) is 12.6 Å². The highest BCUT2D eigenvalue weighted by Gasteiger charge is 2.36. The Hall–Kier alpha value is -0.770. The maximum Gasteiger partial charge on any atom is 0.318 e. The number of nitrogens with two attached hydrogens (primary N) is 1. The molecule has 100 valence electrons. The van der Waals surface area contributed by atoms with Crippen molar-refractivity contribution in [2.24, 2.45) is 5.73 Å². The molecule has 0 atom stereocenters. The monoisotopic (exact) mass is 241 g/mol. The van der Waals surface area contributed by atoms with Crippen LogP contribution in [0.25, 0.3) is 0 Å². The van der Waals surface area contributed by atoms with E-state index in [4.69, 9.17) is 5.73 Å². The summed E-state index contributed by atoms with van der Waals surface area (Å²) in [4.78, 5) is 14.2. The Kier molecular flexibility index (Phi) is 5.25. The van der Waals surface area contributed by atoms with Gasteiger partial charge >= 0.3 is 6.03 Å². The average molecular weight is 241 g/mol. The fourth-order valence-electron chi connectivity index (χ4n) is 2.29. The topological polar surface area (TPSA) is 58.4 Å². The number of amides is 2. The lowest BCUT2D eigenvalue weighted by Crippen LogP contribution is -2.58. The van der Waals surface area contributed by atoms with Crippen molar-refractivity contribution in [3.8, 4) is 0 Å². The van der Waals surface area contributed by atoms with Gasteiger partial charge in [0.1, 0.15) is 0 Å². The predicted octanol–water partition coefficient (Wildman–Crippen LogP) is 2.09. The Balaban J connectivity index is 2.75. The number of rotatable bonds is 7. The van der Waals surface area contributed by atoms with Crippen molar-refractivity contribution in [3.05, 3.63) is 0 Å². The fourth-order valence-corrected chi connectivity index (χ4v) is 2.29. The molecule has 3 N–H and O–H groups in total. The molecule has 0 aromatic rings. The highest BCUT2D eigenvalue weighted by atomic mass is 16.2. The van der Waals surface area contributed by atoms with Crippen LogP contribution in [0.2, 0.25) is 0 Å². The molecule has 0 heterocycles. The first-order valence-electron chi connectivity index (χ1n) is 6.91. The highest BCUT2D eigenvalue weighted by molar-refractivity contribution is 5.75. The van der Waals surface area contributed by atoms with Crippen LogP contribution < -0.4 is 11.1 Å². The lowest BCUT2D eigenvalue weighted by molar-refractivity contribution is 0.108. The van der Waals surface area contributed by atoms with Gasteiger partial charge in [0.2, 0.25) is 0 Å². The Bertz CT molecular complexity index is 239. The maximum absolute atomic E-state index is 12.3. The quantitative estimate of drug-likeness (QED) is 0.717. The molecule has 17 heavy (non-hydrogen) atoms. The summed E-state index contributed by atoms with van der Waals surface area (Å²) in [6.45, 7) is 7.66. The van der Waals surface area contributed by atoms with Crippen LogP contribution in [-0.4, -0.2) is 35.6 Å². The van der Waals surface area contributed by atoms with E-state index >= 15 is 0 Å². The molecule has 1 aliphatic rings. The molecule has 1 fully saturated rings. The third-order valence-corrected chi connectivity index (χ3v) is 3.87. The SMILES string of the molecule is CCCN(C(=O)NC1CC1)C(CC)(CC)CN. The van der Waals surface area contributed by atoms with Crippen molar-refractivity contribution >= 4 is 6.03 Å². The molecule has 0 bridgehead atoms. The fraction of sp³-hybridized carbons (Fsp3) is 0.923. The van der Waals surface area contributed by atoms with Crippen LogP contribution >= 0.6 is 0 Å². The molecule has 2 amide bonds. The van der Waals surface area contributed by atoms with Crippen molar-refractivity contribution in [3.63, 3.8) is 0 Å². The summed E-state index contributed by atoms with van der Waals surface area (Å²) in [5.41, 5.74) is 5.75. The van der Waals surface area contributed by atoms with Crippen molar-refractivity contribution in [1.82, 2.24) is 10.2 Å². The average Bonchev–Trinajstić information content (AvgIpc) is 3.14. The Morgan fingerprint density at radius 1 is 1.35 bits per heavy atom. The Labute approximate surface area is 105 Å². The third-order valence-electron chi connectivity index (χ3n) is 3.87. The lowest BCUT2D eigenvalue weighted by Gasteiger charge is -2.42. The lowest BCUT2D eigenvalue weighted by atomic mass is 9.90. The van der Waals surface area contributed by atoms with Gasteiger partial charge < -0.3 is 16.0 Å². The van der Waals surface area contributed by atoms with Crippen LogP contribution in [0, 0.1) is 0 Å². The molecule has 0 saturated heterocycles. The first-order chi connectivity index (χ1) is 8.13. The Morgan fingerprint density at radius 3 is 2.29 bits per heavy atom. The number of hydrogen-bond donors (Lipinski definition) is 2. The zero-order valence-corrected chi connectivity index (χ0v) is 11.5. The minimum atomic E-state index is -0.172. The molecule has 0 aromatic heterocycles. The summed E-state index contributed by atoms with van der Waals surface area (Å²) in [6, 6.07) is 0.481. The molecule has 0 radical (unpaired) electrons. The third kappa shape index (κ3) is 3.35. The van der Waals surface area contributed by atoms with Gasteiger partial charge in [0, 0.05) is 19.1 Å². The van der Waals surface area contributed by atoms with E-state index in [1.54, 1.807) is 0 Å². The predicted molar refractivity (Wildman–Crippen MR) is 70.9 cm³/mol. The summed E-state index contributed by atoms with van der Waals surface area (Å²) in [6.07, 6.45) is 5.05. The van der Waals surface area contributed by atoms with Crippen molar-refractivity contribution in [2.75, 3.05) is 13.1 Å². The highest BCUT2D eigenvalue weighted by Crippen LogP contribution is 2.25. The van der Waals surface area contributed by atoms with Crippen LogP contribution in [-0.2, 0) is 0 Å². The molecule has 1 rings (SSSR count). The normalized spacial score (nSPS) is 15.8. The van der Waals surface area contributed by atoms with Gasteiger partial charge in [-0.05, 0) is 32.1 Å². The number of nitrogens with one attached hydrogen (secondary N) is 1. The molecular weight excluding hydrogens is 214 g/mol. The van der Waals surface area contributed by atoms with E-state index in [1.807, 2.05) is 4.90 Å². The Morgan fingerprint density at radius 2 is 1.94 bits per heavy atom. The number of nitrogens with zero attached hydrogens (tertiary/aromatic N) is 1. The molecule has 1 aliphatic carbocycles. The van der Waals surface area contributed by atoms with Gasteiger partial charge in [0.15, 0.2) is 0 Å². The zero-order valence-electron chi connectivity index (χ0n) is 11.5. The maximum atomic E-state index is 12.3. The van der Waals surface area contributed by atoms with Crippen LogP contribution in [0.15, 0.2) is 0 Å². The van der Waals surface area contributed by atoms with E-state index in [0.717, 1.165) is 38.6 Å². The number of hydrogen-bond acceptors (Lipinski definition) is 2. The van der Waals surface area contributed by atoms with Crippen molar-refractivity contribution in [2.45, 2.75) is 64.5 Å². The standard InChI is InChI=1S/C13H27N3O/c1-4-9-16(12(17)15-11-7-8-11)13(5-2,6-3)10-14/h11H,4-10,14H2,1-3H3,(H,15,17). The van der Waals surface area contributed by atoms with Crippen LogP contribution in [0.5, 0.6) is 0 Å². The number of urea groups is 1. The second-order valence-electron chi connectivity index (χ2n) is 5.01. The first-order valence-corrected chi connectivity index (χ1v) is 6.91. The van der Waals surface area contributed by atoms with Gasteiger partial charge in [-0.2, -0.15) is 0 Å². The van der Waals surface area contributed by atoms with E-state index in [9.17, 15) is 4.79 Å². The van der Waals surface area contributed by atoms with Crippen LogP contribution in [0.4, 0.5) is 4.79 Å². The van der Waals surface area contributed by atoms with E-state index in [1.165, 1.54) is 0 Å². The molecule has 4 heteroatoms. The minimum Gasteiger partial charge on any atom is -0.335 e. The summed E-state index contributed by atoms with van der Waals surface area (Å²) in [5, 5.41) is 3.08. The van der Waals surface area contributed by atoms with Crippen LogP contribution in [0.3, 0.4) is 0 Å². The molecule has 4 nitrogen and oxygen atoms in total.